The molecule has 0 spiro atoms. The molecule has 5 heteroatoms. The average Bonchev–Trinajstić information content (AvgIpc) is 3.17. The van der Waals surface area contributed by atoms with Crippen LogP contribution in [0.15, 0.2) is 65.8 Å². The molecule has 0 radical (unpaired) electrons. The first kappa shape index (κ1) is 19.6. The summed E-state index contributed by atoms with van der Waals surface area (Å²) >= 11 is 0. The standard InChI is InChI=1S/C24H29N3O2/c1-23(2)18-24(12-17-29-23,19-8-5-4-6-9-19)11-15-27-16-13-25-21(27)20-10-7-14-26(3)22(20)28/h4-10,13-14,16H,11-12,15,17-18H2,1-3H3. The molecule has 4 rings (SSSR count). The second kappa shape index (κ2) is 7.64. The molecule has 29 heavy (non-hydrogen) atoms. The van der Waals surface area contributed by atoms with Crippen LogP contribution in [0, 0.1) is 0 Å². The molecule has 3 heterocycles. The molecule has 1 aliphatic rings. The normalized spacial score (nSPS) is 21.2. The molecule has 1 aromatic carbocycles. The van der Waals surface area contributed by atoms with Gasteiger partial charge in [-0.3, -0.25) is 4.79 Å². The van der Waals surface area contributed by atoms with Gasteiger partial charge in [-0.05, 0) is 50.8 Å². The smallest absolute Gasteiger partial charge is 0.261 e. The highest BCUT2D eigenvalue weighted by atomic mass is 16.5. The van der Waals surface area contributed by atoms with Crippen LogP contribution in [-0.2, 0) is 23.7 Å². The van der Waals surface area contributed by atoms with E-state index in [2.05, 4.69) is 53.7 Å². The molecule has 1 atom stereocenters. The van der Waals surface area contributed by atoms with Gasteiger partial charge in [-0.2, -0.15) is 0 Å². The highest BCUT2D eigenvalue weighted by Gasteiger charge is 2.41. The largest absolute Gasteiger partial charge is 0.376 e. The Kier molecular flexibility index (Phi) is 5.17. The number of aromatic nitrogens is 3. The maximum absolute atomic E-state index is 12.6. The van der Waals surface area contributed by atoms with Gasteiger partial charge in [0.2, 0.25) is 0 Å². The predicted molar refractivity (Wildman–Crippen MR) is 115 cm³/mol. The average molecular weight is 392 g/mol. The molecule has 152 valence electrons. The predicted octanol–water partition coefficient (Wildman–Crippen LogP) is 4.17. The quantitative estimate of drug-likeness (QED) is 0.656. The molecule has 1 aliphatic heterocycles. The minimum Gasteiger partial charge on any atom is -0.376 e. The van der Waals surface area contributed by atoms with E-state index in [1.54, 1.807) is 24.0 Å². The van der Waals surface area contributed by atoms with Crippen LogP contribution in [0.2, 0.25) is 0 Å². The summed E-state index contributed by atoms with van der Waals surface area (Å²) in [6, 6.07) is 14.5. The van der Waals surface area contributed by atoms with Crippen molar-refractivity contribution in [2.24, 2.45) is 7.05 Å². The molecular weight excluding hydrogens is 362 g/mol. The lowest BCUT2D eigenvalue weighted by atomic mass is 9.67. The van der Waals surface area contributed by atoms with E-state index in [0.29, 0.717) is 5.56 Å². The fourth-order valence-corrected chi connectivity index (χ4v) is 4.71. The first-order valence-corrected chi connectivity index (χ1v) is 10.3. The van der Waals surface area contributed by atoms with Crippen LogP contribution in [0.4, 0.5) is 0 Å². The Bertz CT molecular complexity index is 1040. The number of hydrogen-bond acceptors (Lipinski definition) is 3. The summed E-state index contributed by atoms with van der Waals surface area (Å²) in [5, 5.41) is 0. The molecule has 0 bridgehead atoms. The van der Waals surface area contributed by atoms with Crippen molar-refractivity contribution in [3.63, 3.8) is 0 Å². The van der Waals surface area contributed by atoms with Crippen molar-refractivity contribution in [1.29, 1.82) is 0 Å². The van der Waals surface area contributed by atoms with Crippen LogP contribution >= 0.6 is 0 Å². The topological polar surface area (TPSA) is 49.0 Å². The maximum Gasteiger partial charge on any atom is 0.261 e. The Morgan fingerprint density at radius 2 is 1.90 bits per heavy atom. The Balaban J connectivity index is 1.66. The van der Waals surface area contributed by atoms with Crippen molar-refractivity contribution < 1.29 is 4.74 Å². The van der Waals surface area contributed by atoms with Crippen LogP contribution in [0.5, 0.6) is 0 Å². The third-order valence-electron chi connectivity index (χ3n) is 6.13. The molecule has 0 saturated carbocycles. The lowest BCUT2D eigenvalue weighted by Gasteiger charge is -2.45. The molecule has 0 N–H and O–H groups in total. The zero-order chi connectivity index (χ0) is 20.5. The number of hydrogen-bond donors (Lipinski definition) is 0. The molecular formula is C24H29N3O2. The summed E-state index contributed by atoms with van der Waals surface area (Å²) in [6.07, 6.45) is 8.47. The molecule has 1 unspecified atom stereocenters. The van der Waals surface area contributed by atoms with Gasteiger partial charge in [-0.25, -0.2) is 4.98 Å². The second-order valence-corrected chi connectivity index (χ2v) is 8.71. The molecule has 1 fully saturated rings. The minimum absolute atomic E-state index is 0.0232. The van der Waals surface area contributed by atoms with E-state index < -0.39 is 0 Å². The zero-order valence-corrected chi connectivity index (χ0v) is 17.5. The van der Waals surface area contributed by atoms with Crippen LogP contribution < -0.4 is 5.56 Å². The van der Waals surface area contributed by atoms with Gasteiger partial charge < -0.3 is 13.9 Å². The van der Waals surface area contributed by atoms with E-state index in [0.717, 1.165) is 38.2 Å². The van der Waals surface area contributed by atoms with E-state index in [1.165, 1.54) is 5.56 Å². The highest BCUT2D eigenvalue weighted by Crippen LogP contribution is 2.44. The monoisotopic (exact) mass is 391 g/mol. The van der Waals surface area contributed by atoms with Gasteiger partial charge in [0.25, 0.3) is 5.56 Å². The molecule has 0 amide bonds. The highest BCUT2D eigenvalue weighted by molar-refractivity contribution is 5.53. The molecule has 1 saturated heterocycles. The SMILES string of the molecule is Cn1cccc(-c2nccn2CCC2(c3ccccc3)CCOC(C)(C)C2)c1=O. The van der Waals surface area contributed by atoms with Gasteiger partial charge in [0.15, 0.2) is 0 Å². The fraction of sp³-hybridized carbons (Fsp3) is 0.417. The summed E-state index contributed by atoms with van der Waals surface area (Å²) in [6.45, 7) is 5.93. The molecule has 5 nitrogen and oxygen atoms in total. The third-order valence-corrected chi connectivity index (χ3v) is 6.13. The van der Waals surface area contributed by atoms with E-state index in [4.69, 9.17) is 4.74 Å². The van der Waals surface area contributed by atoms with E-state index in [9.17, 15) is 4.79 Å². The lowest BCUT2D eigenvalue weighted by molar-refractivity contribution is -0.0848. The number of rotatable bonds is 5. The van der Waals surface area contributed by atoms with Crippen molar-refractivity contribution in [2.75, 3.05) is 6.61 Å². The van der Waals surface area contributed by atoms with Gasteiger partial charge >= 0.3 is 0 Å². The summed E-state index contributed by atoms with van der Waals surface area (Å²) in [5.74, 6) is 0.737. The number of imidazole rings is 1. The van der Waals surface area contributed by atoms with Crippen LogP contribution in [-0.4, -0.2) is 26.3 Å². The lowest BCUT2D eigenvalue weighted by Crippen LogP contribution is -2.44. The first-order chi connectivity index (χ1) is 13.9. The number of ether oxygens (including phenoxy) is 1. The number of benzene rings is 1. The summed E-state index contributed by atoms with van der Waals surface area (Å²) in [5.41, 5.74) is 1.88. The molecule has 3 aromatic rings. The maximum atomic E-state index is 12.6. The van der Waals surface area contributed by atoms with Crippen LogP contribution in [0.25, 0.3) is 11.4 Å². The van der Waals surface area contributed by atoms with Crippen LogP contribution in [0.3, 0.4) is 0 Å². The zero-order valence-electron chi connectivity index (χ0n) is 17.5. The van der Waals surface area contributed by atoms with Crippen molar-refractivity contribution in [3.8, 4) is 11.4 Å². The van der Waals surface area contributed by atoms with Crippen molar-refractivity contribution in [3.05, 3.63) is 77.0 Å². The molecule has 0 aliphatic carbocycles. The van der Waals surface area contributed by atoms with Gasteiger partial charge in [0, 0.05) is 44.2 Å². The van der Waals surface area contributed by atoms with E-state index in [1.807, 2.05) is 18.3 Å². The number of pyridine rings is 1. The van der Waals surface area contributed by atoms with Gasteiger partial charge in [-0.15, -0.1) is 0 Å². The fourth-order valence-electron chi connectivity index (χ4n) is 4.71. The first-order valence-electron chi connectivity index (χ1n) is 10.3. The summed E-state index contributed by atoms with van der Waals surface area (Å²) < 4.78 is 9.75. The van der Waals surface area contributed by atoms with E-state index >= 15 is 0 Å². The Hall–Kier alpha value is -2.66. The van der Waals surface area contributed by atoms with Crippen molar-refractivity contribution in [1.82, 2.24) is 14.1 Å². The Labute approximate surface area is 172 Å². The van der Waals surface area contributed by atoms with Gasteiger partial charge in [0.1, 0.15) is 5.82 Å². The third kappa shape index (κ3) is 3.92. The Morgan fingerprint density at radius 3 is 2.66 bits per heavy atom. The Morgan fingerprint density at radius 1 is 1.10 bits per heavy atom. The van der Waals surface area contributed by atoms with Crippen molar-refractivity contribution in [2.45, 2.75) is 50.7 Å². The number of aryl methyl sites for hydroxylation is 2. The summed E-state index contributed by atoms with van der Waals surface area (Å²) in [4.78, 5) is 17.1. The van der Waals surface area contributed by atoms with E-state index in [-0.39, 0.29) is 16.6 Å². The second-order valence-electron chi connectivity index (χ2n) is 8.71. The summed E-state index contributed by atoms with van der Waals surface area (Å²) in [7, 11) is 1.77. The minimum atomic E-state index is -0.152. The van der Waals surface area contributed by atoms with Gasteiger partial charge in [0.05, 0.1) is 11.2 Å². The van der Waals surface area contributed by atoms with Crippen molar-refractivity contribution >= 4 is 0 Å². The van der Waals surface area contributed by atoms with Gasteiger partial charge in [-0.1, -0.05) is 30.3 Å². The van der Waals surface area contributed by atoms with Crippen LogP contribution in [0.1, 0.15) is 38.7 Å². The molecule has 2 aromatic heterocycles. The number of nitrogens with zero attached hydrogens (tertiary/aromatic N) is 3.